The minimum absolute atomic E-state index is 0.0318. The maximum Gasteiger partial charge on any atom is 0.233 e. The van der Waals surface area contributed by atoms with Crippen molar-refractivity contribution >= 4 is 17.7 Å². The van der Waals surface area contributed by atoms with E-state index >= 15 is 0 Å². The van der Waals surface area contributed by atoms with Crippen molar-refractivity contribution in [2.24, 2.45) is 23.7 Å². The highest BCUT2D eigenvalue weighted by Crippen LogP contribution is 2.52. The standard InChI is InChI=1S/C18H24N2O3/c21-14(19-13-4-2-1-3-5-13)8-9-20-17(22)15-11-6-7-12(10-11)16(15)18(20)23/h6-7,11-13,15-16H,1-5,8-10H2,(H,19,21)/t11-,12-,15-,16+/m0/s1. The van der Waals surface area contributed by atoms with E-state index in [0.29, 0.717) is 0 Å². The van der Waals surface area contributed by atoms with Crippen molar-refractivity contribution in [1.29, 1.82) is 0 Å². The summed E-state index contributed by atoms with van der Waals surface area (Å²) in [6.07, 6.45) is 11.1. The maximum absolute atomic E-state index is 12.5. The van der Waals surface area contributed by atoms with Gasteiger partial charge in [0.25, 0.3) is 0 Å². The van der Waals surface area contributed by atoms with E-state index in [0.717, 1.165) is 19.3 Å². The van der Waals surface area contributed by atoms with Crippen LogP contribution in [0.2, 0.25) is 0 Å². The quantitative estimate of drug-likeness (QED) is 0.633. The zero-order valence-corrected chi connectivity index (χ0v) is 13.4. The van der Waals surface area contributed by atoms with Crippen LogP contribution in [0.1, 0.15) is 44.9 Å². The number of nitrogens with one attached hydrogen (secondary N) is 1. The zero-order chi connectivity index (χ0) is 16.0. The molecule has 4 aliphatic rings. The van der Waals surface area contributed by atoms with Crippen LogP contribution in [0.15, 0.2) is 12.2 Å². The number of carbonyl (C=O) groups excluding carboxylic acids is 3. The molecule has 4 atom stereocenters. The summed E-state index contributed by atoms with van der Waals surface area (Å²) in [6, 6.07) is 0.278. The fourth-order valence-electron chi connectivity index (χ4n) is 4.94. The van der Waals surface area contributed by atoms with Gasteiger partial charge >= 0.3 is 0 Å². The summed E-state index contributed by atoms with van der Waals surface area (Å²) in [5.41, 5.74) is 0. The predicted molar refractivity (Wildman–Crippen MR) is 84.1 cm³/mol. The molecule has 2 saturated carbocycles. The Kier molecular flexibility index (Phi) is 3.74. The molecule has 0 aromatic heterocycles. The number of imide groups is 1. The lowest BCUT2D eigenvalue weighted by Gasteiger charge is -2.23. The van der Waals surface area contributed by atoms with E-state index in [2.05, 4.69) is 17.5 Å². The highest BCUT2D eigenvalue weighted by molar-refractivity contribution is 6.06. The Labute approximate surface area is 136 Å². The molecule has 1 aliphatic heterocycles. The van der Waals surface area contributed by atoms with Crippen molar-refractivity contribution in [3.05, 3.63) is 12.2 Å². The van der Waals surface area contributed by atoms with Crippen LogP contribution in [-0.2, 0) is 14.4 Å². The first-order chi connectivity index (χ1) is 11.1. The molecule has 5 nitrogen and oxygen atoms in total. The van der Waals surface area contributed by atoms with Crippen LogP contribution in [-0.4, -0.2) is 35.2 Å². The summed E-state index contributed by atoms with van der Waals surface area (Å²) >= 11 is 0. The molecule has 3 aliphatic carbocycles. The van der Waals surface area contributed by atoms with Crippen molar-refractivity contribution in [1.82, 2.24) is 10.2 Å². The van der Waals surface area contributed by atoms with E-state index in [9.17, 15) is 14.4 Å². The average Bonchev–Trinajstić information content (AvgIpc) is 3.22. The average molecular weight is 316 g/mol. The number of likely N-dealkylation sites (tertiary alicyclic amines) is 1. The molecule has 3 fully saturated rings. The van der Waals surface area contributed by atoms with Gasteiger partial charge in [-0.1, -0.05) is 31.4 Å². The number of fused-ring (bicyclic) bond motifs is 5. The van der Waals surface area contributed by atoms with Crippen LogP contribution >= 0.6 is 0 Å². The molecule has 2 bridgehead atoms. The lowest BCUT2D eigenvalue weighted by atomic mass is 9.85. The molecule has 1 heterocycles. The number of rotatable bonds is 4. The summed E-state index contributed by atoms with van der Waals surface area (Å²) in [6.45, 7) is 0.239. The second-order valence-corrected chi connectivity index (χ2v) is 7.48. The fraction of sp³-hybridized carbons (Fsp3) is 0.722. The molecule has 0 spiro atoms. The molecule has 4 rings (SSSR count). The van der Waals surface area contributed by atoms with Gasteiger partial charge in [0.15, 0.2) is 0 Å². The Hall–Kier alpha value is -1.65. The Morgan fingerprint density at radius 3 is 2.26 bits per heavy atom. The lowest BCUT2D eigenvalue weighted by Crippen LogP contribution is -2.40. The molecule has 5 heteroatoms. The van der Waals surface area contributed by atoms with Gasteiger partial charge in [-0.05, 0) is 31.1 Å². The minimum Gasteiger partial charge on any atom is -0.353 e. The van der Waals surface area contributed by atoms with Crippen molar-refractivity contribution in [3.63, 3.8) is 0 Å². The number of allylic oxidation sites excluding steroid dienone is 2. The fourth-order valence-corrected chi connectivity index (χ4v) is 4.94. The molecule has 1 N–H and O–H groups in total. The summed E-state index contributed by atoms with van der Waals surface area (Å²) in [4.78, 5) is 38.5. The molecular formula is C18H24N2O3. The Morgan fingerprint density at radius 1 is 1.04 bits per heavy atom. The molecule has 0 aromatic carbocycles. The van der Waals surface area contributed by atoms with E-state index < -0.39 is 0 Å². The Bertz CT molecular complexity index is 535. The summed E-state index contributed by atoms with van der Waals surface area (Å²) in [5.74, 6) is 0.0307. The van der Waals surface area contributed by atoms with Crippen LogP contribution in [0.3, 0.4) is 0 Å². The van der Waals surface area contributed by atoms with Gasteiger partial charge in [-0.3, -0.25) is 19.3 Å². The third-order valence-electron chi connectivity index (χ3n) is 6.09. The number of amides is 3. The molecule has 0 unspecified atom stereocenters. The molecule has 3 amide bonds. The van der Waals surface area contributed by atoms with Gasteiger partial charge in [0.05, 0.1) is 11.8 Å². The monoisotopic (exact) mass is 316 g/mol. The molecular weight excluding hydrogens is 292 g/mol. The number of hydrogen-bond acceptors (Lipinski definition) is 3. The third-order valence-corrected chi connectivity index (χ3v) is 6.09. The van der Waals surface area contributed by atoms with Crippen molar-refractivity contribution < 1.29 is 14.4 Å². The van der Waals surface area contributed by atoms with E-state index in [4.69, 9.17) is 0 Å². The van der Waals surface area contributed by atoms with Gasteiger partial charge in [-0.15, -0.1) is 0 Å². The summed E-state index contributed by atoms with van der Waals surface area (Å²) < 4.78 is 0. The van der Waals surface area contributed by atoms with Gasteiger partial charge in [-0.25, -0.2) is 0 Å². The van der Waals surface area contributed by atoms with Crippen LogP contribution in [0, 0.1) is 23.7 Å². The summed E-state index contributed by atoms with van der Waals surface area (Å²) in [5, 5.41) is 3.05. The van der Waals surface area contributed by atoms with Crippen LogP contribution in [0.5, 0.6) is 0 Å². The smallest absolute Gasteiger partial charge is 0.233 e. The number of hydrogen-bond donors (Lipinski definition) is 1. The topological polar surface area (TPSA) is 66.5 Å². The highest BCUT2D eigenvalue weighted by Gasteiger charge is 2.58. The van der Waals surface area contributed by atoms with Crippen LogP contribution in [0.25, 0.3) is 0 Å². The largest absolute Gasteiger partial charge is 0.353 e. The van der Waals surface area contributed by atoms with E-state index in [1.165, 1.54) is 24.2 Å². The normalized spacial score (nSPS) is 35.9. The summed E-state index contributed by atoms with van der Waals surface area (Å²) in [7, 11) is 0. The highest BCUT2D eigenvalue weighted by atomic mass is 16.2. The molecule has 23 heavy (non-hydrogen) atoms. The Morgan fingerprint density at radius 2 is 1.65 bits per heavy atom. The Balaban J connectivity index is 1.32. The first-order valence-electron chi connectivity index (χ1n) is 8.98. The predicted octanol–water partition coefficient (Wildman–Crippen LogP) is 1.63. The maximum atomic E-state index is 12.5. The molecule has 124 valence electrons. The number of carbonyl (C=O) groups is 3. The van der Waals surface area contributed by atoms with E-state index in [-0.39, 0.29) is 60.4 Å². The molecule has 1 saturated heterocycles. The van der Waals surface area contributed by atoms with Gasteiger partial charge in [0.2, 0.25) is 17.7 Å². The molecule has 0 aromatic rings. The number of nitrogens with zero attached hydrogens (tertiary/aromatic N) is 1. The van der Waals surface area contributed by atoms with Gasteiger partial charge < -0.3 is 5.32 Å². The van der Waals surface area contributed by atoms with Crippen molar-refractivity contribution in [3.8, 4) is 0 Å². The third kappa shape index (κ3) is 2.50. The SMILES string of the molecule is O=C(CCN1C(=O)[C@@H]2[C@H](C1=O)[C@H]1C=C[C@H]2C1)NC1CCCCC1. The van der Waals surface area contributed by atoms with Gasteiger partial charge in [0, 0.05) is 19.0 Å². The van der Waals surface area contributed by atoms with E-state index in [1.807, 2.05) is 0 Å². The van der Waals surface area contributed by atoms with Crippen molar-refractivity contribution in [2.45, 2.75) is 51.0 Å². The van der Waals surface area contributed by atoms with Crippen LogP contribution in [0.4, 0.5) is 0 Å². The minimum atomic E-state index is -0.154. The van der Waals surface area contributed by atoms with Gasteiger partial charge in [-0.2, -0.15) is 0 Å². The van der Waals surface area contributed by atoms with Gasteiger partial charge in [0.1, 0.15) is 0 Å². The van der Waals surface area contributed by atoms with Crippen molar-refractivity contribution in [2.75, 3.05) is 6.54 Å². The molecule has 0 radical (unpaired) electrons. The first-order valence-corrected chi connectivity index (χ1v) is 8.98. The van der Waals surface area contributed by atoms with E-state index in [1.54, 1.807) is 0 Å². The van der Waals surface area contributed by atoms with Crippen LogP contribution < -0.4 is 5.32 Å². The second kappa shape index (κ2) is 5.77. The lowest BCUT2D eigenvalue weighted by molar-refractivity contribution is -0.141. The first kappa shape index (κ1) is 14.9. The zero-order valence-electron chi connectivity index (χ0n) is 13.4. The second-order valence-electron chi connectivity index (χ2n) is 7.48.